The summed E-state index contributed by atoms with van der Waals surface area (Å²) in [4.78, 5) is 26.7. The highest BCUT2D eigenvalue weighted by molar-refractivity contribution is 8.03. The van der Waals surface area contributed by atoms with Crippen LogP contribution in [-0.2, 0) is 25.6 Å². The molecule has 0 aliphatic carbocycles. The minimum Gasteiger partial charge on any atom is -0.469 e. The Morgan fingerprint density at radius 2 is 1.73 bits per heavy atom. The van der Waals surface area contributed by atoms with Crippen molar-refractivity contribution >= 4 is 57.0 Å². The van der Waals surface area contributed by atoms with E-state index in [4.69, 9.17) is 9.47 Å². The van der Waals surface area contributed by atoms with E-state index in [9.17, 15) is 9.59 Å². The van der Waals surface area contributed by atoms with E-state index in [0.29, 0.717) is 25.9 Å². The number of fused-ring (bicyclic) bond motifs is 2. The molecule has 6 nitrogen and oxygen atoms in total. The Labute approximate surface area is 201 Å². The molecule has 0 unspecified atom stereocenters. The first-order valence-electron chi connectivity index (χ1n) is 10.6. The van der Waals surface area contributed by atoms with Crippen molar-refractivity contribution in [1.82, 2.24) is 0 Å². The Hall–Kier alpha value is -3.10. The molecule has 1 aromatic heterocycles. The van der Waals surface area contributed by atoms with Crippen LogP contribution in [0.3, 0.4) is 0 Å². The number of hydrogen-bond acceptors (Lipinski definition) is 7. The van der Waals surface area contributed by atoms with E-state index in [-0.39, 0.29) is 11.9 Å². The summed E-state index contributed by atoms with van der Waals surface area (Å²) in [7, 11) is 2.82. The monoisotopic (exact) mass is 481 g/mol. The lowest BCUT2D eigenvalue weighted by molar-refractivity contribution is -0.667. The predicted octanol–water partition coefficient (Wildman–Crippen LogP) is 4.78. The Bertz CT molecular complexity index is 1230. The van der Waals surface area contributed by atoms with E-state index in [0.717, 1.165) is 30.8 Å². The van der Waals surface area contributed by atoms with Gasteiger partial charge < -0.3 is 14.4 Å². The molecule has 0 fully saturated rings. The molecule has 0 N–H and O–H groups in total. The van der Waals surface area contributed by atoms with Crippen molar-refractivity contribution in [3.05, 3.63) is 70.7 Å². The Morgan fingerprint density at radius 3 is 2.55 bits per heavy atom. The molecule has 4 rings (SSSR count). The highest BCUT2D eigenvalue weighted by Gasteiger charge is 2.25. The first-order valence-corrected chi connectivity index (χ1v) is 12.2. The van der Waals surface area contributed by atoms with Crippen molar-refractivity contribution in [2.24, 2.45) is 0 Å². The second-order valence-electron chi connectivity index (χ2n) is 7.30. The summed E-state index contributed by atoms with van der Waals surface area (Å²) in [6, 6.07) is 16.4. The number of aryl methyl sites for hydroxylation is 1. The summed E-state index contributed by atoms with van der Waals surface area (Å²) in [6.07, 6.45) is 6.79. The molecule has 8 heteroatoms. The van der Waals surface area contributed by atoms with Crippen molar-refractivity contribution in [2.75, 3.05) is 25.7 Å². The van der Waals surface area contributed by atoms with Gasteiger partial charge in [-0.05, 0) is 24.3 Å². The Kier molecular flexibility index (Phi) is 7.47. The second-order valence-corrected chi connectivity index (χ2v) is 9.42. The molecular weight excluding hydrogens is 456 g/mol. The molecule has 0 bridgehead atoms. The summed E-state index contributed by atoms with van der Waals surface area (Å²) in [5.41, 5.74) is 2.20. The summed E-state index contributed by atoms with van der Waals surface area (Å²) in [6.45, 7) is 1.11. The van der Waals surface area contributed by atoms with Gasteiger partial charge in [-0.2, -0.15) is 4.57 Å². The zero-order valence-corrected chi connectivity index (χ0v) is 20.2. The fraction of sp³-hybridized carbons (Fsp3) is 0.240. The minimum absolute atomic E-state index is 0.226. The maximum Gasteiger partial charge on any atom is 0.311 e. The Balaban J connectivity index is 1.60. The van der Waals surface area contributed by atoms with Crippen LogP contribution in [0.1, 0.15) is 17.8 Å². The molecule has 0 spiro atoms. The third-order valence-corrected chi connectivity index (χ3v) is 7.55. The first-order chi connectivity index (χ1) is 16.1. The van der Waals surface area contributed by atoms with Crippen molar-refractivity contribution < 1.29 is 23.6 Å². The second kappa shape index (κ2) is 10.7. The topological polar surface area (TPSA) is 59.7 Å². The fourth-order valence-electron chi connectivity index (χ4n) is 3.64. The molecule has 0 atom stereocenters. The molecule has 0 radical (unpaired) electrons. The largest absolute Gasteiger partial charge is 0.469 e. The lowest BCUT2D eigenvalue weighted by Crippen LogP contribution is -2.36. The number of carbonyl (C=O) groups excluding carboxylic acids is 2. The van der Waals surface area contributed by atoms with Crippen LogP contribution >= 0.6 is 23.1 Å². The lowest BCUT2D eigenvalue weighted by Gasteiger charge is -2.19. The maximum atomic E-state index is 11.7. The fourth-order valence-corrected chi connectivity index (χ4v) is 5.84. The van der Waals surface area contributed by atoms with Gasteiger partial charge in [0.05, 0.1) is 31.4 Å². The van der Waals surface area contributed by atoms with Crippen LogP contribution in [0.4, 0.5) is 5.69 Å². The predicted molar refractivity (Wildman–Crippen MR) is 132 cm³/mol. The molecule has 33 heavy (non-hydrogen) atoms. The number of thiazole rings is 1. The summed E-state index contributed by atoms with van der Waals surface area (Å²) in [5.74, 6) is -0.451. The van der Waals surface area contributed by atoms with E-state index in [1.165, 1.54) is 14.2 Å². The minimum atomic E-state index is -0.226. The lowest BCUT2D eigenvalue weighted by atomic mass is 10.2. The first kappa shape index (κ1) is 23.1. The van der Waals surface area contributed by atoms with Gasteiger partial charge in [-0.25, -0.2) is 0 Å². The molecule has 170 valence electrons. The number of thioether (sulfide) groups is 1. The molecule has 0 saturated heterocycles. The van der Waals surface area contributed by atoms with Crippen LogP contribution in [0.5, 0.6) is 0 Å². The molecule has 0 amide bonds. The smallest absolute Gasteiger partial charge is 0.311 e. The number of esters is 2. The molecule has 3 aromatic rings. The molecule has 1 aliphatic heterocycles. The van der Waals surface area contributed by atoms with E-state index < -0.39 is 0 Å². The summed E-state index contributed by atoms with van der Waals surface area (Å²) in [5, 5.41) is 2.11. The standard InChI is InChI=1S/C25H25N2O4S2/c1-30-24(28)14-16-26-18-8-3-5-10-20(18)32-22(26)12-7-13-23-27(17-15-25(29)31-2)19-9-4-6-11-21(19)33-23/h3-13H,14-17H2,1-2H3/q+1. The van der Waals surface area contributed by atoms with E-state index in [1.54, 1.807) is 23.1 Å². The molecule has 0 saturated carbocycles. The van der Waals surface area contributed by atoms with Crippen LogP contribution in [0.2, 0.25) is 0 Å². The number of hydrogen-bond donors (Lipinski definition) is 0. The average Bonchev–Trinajstić information content (AvgIpc) is 3.38. The molecular formula is C25H25N2O4S2+. The third-order valence-electron chi connectivity index (χ3n) is 5.29. The van der Waals surface area contributed by atoms with Crippen LogP contribution in [-0.4, -0.2) is 32.7 Å². The van der Waals surface area contributed by atoms with Gasteiger partial charge in [-0.1, -0.05) is 53.4 Å². The maximum absolute atomic E-state index is 11.7. The van der Waals surface area contributed by atoms with Crippen LogP contribution < -0.4 is 9.47 Å². The zero-order valence-electron chi connectivity index (χ0n) is 18.5. The van der Waals surface area contributed by atoms with Gasteiger partial charge in [0.25, 0.3) is 5.01 Å². The number of anilines is 1. The normalized spacial score (nSPS) is 14.2. The third kappa shape index (κ3) is 5.29. The van der Waals surface area contributed by atoms with E-state index in [1.807, 2.05) is 30.3 Å². The quantitative estimate of drug-likeness (QED) is 0.341. The van der Waals surface area contributed by atoms with Crippen molar-refractivity contribution in [3.8, 4) is 0 Å². The zero-order chi connectivity index (χ0) is 23.2. The number of methoxy groups -OCH3 is 2. The number of allylic oxidation sites excluding steroid dienone is 2. The van der Waals surface area contributed by atoms with Gasteiger partial charge >= 0.3 is 11.9 Å². The van der Waals surface area contributed by atoms with E-state index >= 15 is 0 Å². The van der Waals surface area contributed by atoms with Gasteiger partial charge in [-0.3, -0.25) is 9.59 Å². The number of ether oxygens (including phenoxy) is 2. The number of nitrogens with zero attached hydrogens (tertiary/aromatic N) is 2. The van der Waals surface area contributed by atoms with Gasteiger partial charge in [0.15, 0.2) is 6.54 Å². The van der Waals surface area contributed by atoms with Crippen LogP contribution in [0.15, 0.2) is 70.6 Å². The molecule has 2 heterocycles. The Morgan fingerprint density at radius 1 is 1.00 bits per heavy atom. The van der Waals surface area contributed by atoms with Gasteiger partial charge in [0.2, 0.25) is 5.52 Å². The number of aromatic nitrogens is 1. The van der Waals surface area contributed by atoms with Gasteiger partial charge in [0, 0.05) is 23.6 Å². The summed E-state index contributed by atoms with van der Waals surface area (Å²) >= 11 is 3.37. The summed E-state index contributed by atoms with van der Waals surface area (Å²) < 4.78 is 13.0. The van der Waals surface area contributed by atoms with Crippen LogP contribution in [0.25, 0.3) is 16.3 Å². The highest BCUT2D eigenvalue weighted by atomic mass is 32.2. The molecule has 2 aromatic carbocycles. The van der Waals surface area contributed by atoms with Crippen molar-refractivity contribution in [1.29, 1.82) is 0 Å². The number of para-hydroxylation sites is 2. The average molecular weight is 482 g/mol. The number of carbonyl (C=O) groups is 2. The van der Waals surface area contributed by atoms with Gasteiger partial charge in [-0.15, -0.1) is 0 Å². The number of rotatable bonds is 8. The van der Waals surface area contributed by atoms with E-state index in [2.05, 4.69) is 45.9 Å². The van der Waals surface area contributed by atoms with Crippen molar-refractivity contribution in [2.45, 2.75) is 24.3 Å². The highest BCUT2D eigenvalue weighted by Crippen LogP contribution is 2.45. The molecule has 1 aliphatic rings. The van der Waals surface area contributed by atoms with Gasteiger partial charge in [0.1, 0.15) is 11.1 Å². The van der Waals surface area contributed by atoms with Crippen LogP contribution in [0, 0.1) is 0 Å². The van der Waals surface area contributed by atoms with Crippen molar-refractivity contribution in [3.63, 3.8) is 0 Å². The SMILES string of the molecule is COC(=O)CCN1/C(=C\C=C\c2sc3ccccc3[n+]2CCC(=O)OC)Sc2ccccc21. The number of benzene rings is 2.